The van der Waals surface area contributed by atoms with Crippen LogP contribution in [0.2, 0.25) is 0 Å². The smallest absolute Gasteiger partial charge is 0.262 e. The zero-order valence-electron chi connectivity index (χ0n) is 12.7. The molecule has 0 bridgehead atoms. The lowest BCUT2D eigenvalue weighted by molar-refractivity contribution is 0.0526. The summed E-state index contributed by atoms with van der Waals surface area (Å²) in [4.78, 5) is 32.7. The molecule has 1 saturated heterocycles. The lowest BCUT2D eigenvalue weighted by atomic mass is 10.1. The lowest BCUT2D eigenvalue weighted by Gasteiger charge is -2.28. The largest absolute Gasteiger partial charge is 0.278 e. The molecule has 0 N–H and O–H groups in total. The van der Waals surface area contributed by atoms with Crippen molar-refractivity contribution in [3.8, 4) is 0 Å². The topological polar surface area (TPSA) is 53.5 Å². The van der Waals surface area contributed by atoms with Crippen LogP contribution in [0.3, 0.4) is 0 Å². The number of benzene rings is 1. The van der Waals surface area contributed by atoms with Gasteiger partial charge in [0.15, 0.2) is 0 Å². The number of fused-ring (bicyclic) bond motifs is 1. The predicted octanol–water partition coefficient (Wildman–Crippen LogP) is 2.47. The first kappa shape index (κ1) is 14.1. The Bertz CT molecular complexity index is 725. The highest BCUT2D eigenvalue weighted by Crippen LogP contribution is 2.33. The third kappa shape index (κ3) is 2.33. The van der Waals surface area contributed by atoms with E-state index in [-0.39, 0.29) is 17.9 Å². The molecule has 2 aliphatic rings. The minimum atomic E-state index is -0.192. The molecule has 5 nitrogen and oxygen atoms in total. The van der Waals surface area contributed by atoms with Gasteiger partial charge in [0.1, 0.15) is 0 Å². The van der Waals surface area contributed by atoms with Crippen molar-refractivity contribution in [2.45, 2.75) is 18.9 Å². The molecule has 1 aromatic heterocycles. The van der Waals surface area contributed by atoms with E-state index in [1.54, 1.807) is 30.5 Å². The third-order valence-corrected chi connectivity index (χ3v) is 4.63. The van der Waals surface area contributed by atoms with Gasteiger partial charge >= 0.3 is 0 Å². The van der Waals surface area contributed by atoms with Gasteiger partial charge in [-0.05, 0) is 36.6 Å². The number of pyridine rings is 1. The van der Waals surface area contributed by atoms with Crippen LogP contribution in [-0.4, -0.2) is 39.8 Å². The average molecular weight is 307 g/mol. The van der Waals surface area contributed by atoms with Gasteiger partial charge in [-0.15, -0.1) is 0 Å². The van der Waals surface area contributed by atoms with E-state index in [1.807, 2.05) is 12.3 Å². The zero-order chi connectivity index (χ0) is 15.8. The molecule has 0 aliphatic carbocycles. The van der Waals surface area contributed by atoms with E-state index in [0.717, 1.165) is 24.9 Å². The molecule has 2 aromatic rings. The minimum absolute atomic E-state index is 0.192. The van der Waals surface area contributed by atoms with Gasteiger partial charge in [-0.3, -0.25) is 24.4 Å². The van der Waals surface area contributed by atoms with Crippen molar-refractivity contribution in [2.24, 2.45) is 0 Å². The maximum Gasteiger partial charge on any atom is 0.262 e. The van der Waals surface area contributed by atoms with Gasteiger partial charge in [-0.25, -0.2) is 0 Å². The van der Waals surface area contributed by atoms with Crippen LogP contribution in [-0.2, 0) is 0 Å². The van der Waals surface area contributed by atoms with Crippen molar-refractivity contribution in [3.63, 3.8) is 0 Å². The van der Waals surface area contributed by atoms with Crippen molar-refractivity contribution < 1.29 is 9.59 Å². The Hall–Kier alpha value is -2.53. The van der Waals surface area contributed by atoms with Crippen molar-refractivity contribution >= 4 is 11.8 Å². The molecule has 2 amide bonds. The summed E-state index contributed by atoms with van der Waals surface area (Å²) in [6.07, 6.45) is 5.70. The number of amides is 2. The summed E-state index contributed by atoms with van der Waals surface area (Å²) < 4.78 is 0. The summed E-state index contributed by atoms with van der Waals surface area (Å²) >= 11 is 0. The van der Waals surface area contributed by atoms with Crippen molar-refractivity contribution in [3.05, 3.63) is 65.5 Å². The summed E-state index contributed by atoms with van der Waals surface area (Å²) in [5, 5.41) is 0. The maximum atomic E-state index is 12.5. The average Bonchev–Trinajstić information content (AvgIpc) is 3.15. The molecule has 3 heterocycles. The molecular formula is C18H17N3O2. The van der Waals surface area contributed by atoms with Crippen LogP contribution in [0.15, 0.2) is 48.8 Å². The Balaban J connectivity index is 1.57. The van der Waals surface area contributed by atoms with Gasteiger partial charge in [-0.2, -0.15) is 0 Å². The Kier molecular flexibility index (Phi) is 3.42. The number of carbonyl (C=O) groups excluding carboxylic acids is 2. The second kappa shape index (κ2) is 5.59. The Morgan fingerprint density at radius 2 is 1.78 bits per heavy atom. The summed E-state index contributed by atoms with van der Waals surface area (Å²) in [6, 6.07) is 11.2. The van der Waals surface area contributed by atoms with Gasteiger partial charge in [0.25, 0.3) is 11.8 Å². The maximum absolute atomic E-state index is 12.5. The first-order valence-corrected chi connectivity index (χ1v) is 7.85. The van der Waals surface area contributed by atoms with Crippen molar-refractivity contribution in [1.82, 2.24) is 14.8 Å². The molecule has 4 rings (SSSR count). The van der Waals surface area contributed by atoms with E-state index in [4.69, 9.17) is 0 Å². The van der Waals surface area contributed by atoms with Crippen LogP contribution >= 0.6 is 0 Å². The fourth-order valence-electron chi connectivity index (χ4n) is 3.50. The number of rotatable bonds is 3. The first-order valence-electron chi connectivity index (χ1n) is 7.85. The van der Waals surface area contributed by atoms with Crippen LogP contribution in [0.5, 0.6) is 0 Å². The van der Waals surface area contributed by atoms with Crippen molar-refractivity contribution in [2.75, 3.05) is 13.2 Å². The molecule has 1 unspecified atom stereocenters. The summed E-state index contributed by atoms with van der Waals surface area (Å²) in [7, 11) is 0. The Morgan fingerprint density at radius 3 is 2.43 bits per heavy atom. The molecule has 1 fully saturated rings. The first-order chi connectivity index (χ1) is 11.3. The van der Waals surface area contributed by atoms with E-state index in [9.17, 15) is 9.59 Å². The number of imide groups is 1. The number of likely N-dealkylation sites (tertiary alicyclic amines) is 1. The molecule has 1 aromatic carbocycles. The monoisotopic (exact) mass is 307 g/mol. The molecule has 1 atom stereocenters. The summed E-state index contributed by atoms with van der Waals surface area (Å²) in [5.41, 5.74) is 2.16. The highest BCUT2D eigenvalue weighted by molar-refractivity contribution is 6.21. The second-order valence-corrected chi connectivity index (χ2v) is 5.98. The molecule has 0 radical (unpaired) electrons. The SMILES string of the molecule is O=C1c2ccccc2C(=O)N1CN1CCCC1c1cccnc1. The molecule has 5 heteroatoms. The molecule has 116 valence electrons. The van der Waals surface area contributed by atoms with Crippen LogP contribution in [0, 0.1) is 0 Å². The van der Waals surface area contributed by atoms with Crippen LogP contribution in [0.1, 0.15) is 45.2 Å². The summed E-state index contributed by atoms with van der Waals surface area (Å²) in [6.45, 7) is 1.22. The Labute approximate surface area is 134 Å². The van der Waals surface area contributed by atoms with Crippen LogP contribution < -0.4 is 0 Å². The fourth-order valence-corrected chi connectivity index (χ4v) is 3.50. The Morgan fingerprint density at radius 1 is 1.04 bits per heavy atom. The summed E-state index contributed by atoms with van der Waals surface area (Å²) in [5.74, 6) is -0.384. The van der Waals surface area contributed by atoms with Gasteiger partial charge in [0.05, 0.1) is 17.8 Å². The third-order valence-electron chi connectivity index (χ3n) is 4.63. The van der Waals surface area contributed by atoms with Crippen molar-refractivity contribution in [1.29, 1.82) is 0 Å². The number of hydrogen-bond acceptors (Lipinski definition) is 4. The van der Waals surface area contributed by atoms with E-state index in [0.29, 0.717) is 17.8 Å². The highest BCUT2D eigenvalue weighted by atomic mass is 16.2. The van der Waals surface area contributed by atoms with E-state index in [1.165, 1.54) is 4.90 Å². The number of aromatic nitrogens is 1. The molecule has 2 aliphatic heterocycles. The lowest BCUT2D eigenvalue weighted by Crippen LogP contribution is -2.40. The predicted molar refractivity (Wildman–Crippen MR) is 84.7 cm³/mol. The number of nitrogens with zero attached hydrogens (tertiary/aromatic N) is 3. The van der Waals surface area contributed by atoms with E-state index >= 15 is 0 Å². The fraction of sp³-hybridized carbons (Fsp3) is 0.278. The van der Waals surface area contributed by atoms with E-state index < -0.39 is 0 Å². The molecule has 0 spiro atoms. The van der Waals surface area contributed by atoms with Crippen LogP contribution in [0.4, 0.5) is 0 Å². The van der Waals surface area contributed by atoms with Gasteiger partial charge in [0.2, 0.25) is 0 Å². The molecular weight excluding hydrogens is 290 g/mol. The van der Waals surface area contributed by atoms with E-state index in [2.05, 4.69) is 16.0 Å². The molecule has 0 saturated carbocycles. The van der Waals surface area contributed by atoms with Gasteiger partial charge in [0, 0.05) is 25.0 Å². The standard InChI is InChI=1S/C18H17N3O2/c22-17-14-6-1-2-7-15(14)18(23)21(17)12-20-10-4-8-16(20)13-5-3-9-19-11-13/h1-3,5-7,9,11,16H,4,8,10,12H2. The van der Waals surface area contributed by atoms with Crippen LogP contribution in [0.25, 0.3) is 0 Å². The number of hydrogen-bond donors (Lipinski definition) is 0. The number of carbonyl (C=O) groups is 2. The van der Waals surface area contributed by atoms with Gasteiger partial charge in [-0.1, -0.05) is 18.2 Å². The normalized spacial score (nSPS) is 21.0. The zero-order valence-corrected chi connectivity index (χ0v) is 12.7. The van der Waals surface area contributed by atoms with Gasteiger partial charge < -0.3 is 0 Å². The second-order valence-electron chi connectivity index (χ2n) is 5.98. The highest BCUT2D eigenvalue weighted by Gasteiger charge is 2.38. The minimum Gasteiger partial charge on any atom is -0.278 e. The quantitative estimate of drug-likeness (QED) is 0.818. The molecule has 23 heavy (non-hydrogen) atoms.